The van der Waals surface area contributed by atoms with Crippen LogP contribution in [0.4, 0.5) is 0 Å². The Morgan fingerprint density at radius 2 is 1.77 bits per heavy atom. The Labute approximate surface area is 135 Å². The first-order valence-corrected chi connectivity index (χ1v) is 9.19. The fourth-order valence-corrected chi connectivity index (χ4v) is 2.81. The summed E-state index contributed by atoms with van der Waals surface area (Å²) in [6.07, 6.45) is 2.08. The Hall–Kier alpha value is -1.40. The van der Waals surface area contributed by atoms with Crippen LogP contribution in [0.3, 0.4) is 0 Å². The molecule has 0 N–H and O–H groups in total. The predicted octanol–water partition coefficient (Wildman–Crippen LogP) is 2.61. The third kappa shape index (κ3) is 4.55. The van der Waals surface area contributed by atoms with Gasteiger partial charge in [0.2, 0.25) is 5.78 Å². The summed E-state index contributed by atoms with van der Waals surface area (Å²) in [4.78, 5) is 24.2. The number of ketones is 1. The number of hydrogen-bond acceptors (Lipinski definition) is 5. The Balaban J connectivity index is 3.11. The molecule has 7 heteroatoms. The maximum atomic E-state index is 12.6. The average molecular weight is 347 g/mol. The molecule has 1 atom stereocenters. The molecule has 0 aromatic heterocycles. The number of benzene rings is 1. The minimum absolute atomic E-state index is 0.124. The first-order chi connectivity index (χ1) is 10.1. The number of Topliss-reactive ketones (excluding diaryl/α,β-unsaturated/α-hetero) is 1. The maximum Gasteiger partial charge on any atom is 0.321 e. The van der Waals surface area contributed by atoms with Gasteiger partial charge in [-0.3, -0.25) is 9.59 Å². The highest BCUT2D eigenvalue weighted by Gasteiger charge is 2.37. The van der Waals surface area contributed by atoms with Crippen LogP contribution in [-0.2, 0) is 19.4 Å². The molecule has 122 valence electrons. The van der Waals surface area contributed by atoms with E-state index in [1.54, 1.807) is 0 Å². The van der Waals surface area contributed by atoms with E-state index in [0.717, 1.165) is 6.26 Å². The summed E-state index contributed by atoms with van der Waals surface area (Å²) in [7, 11) is -3.33. The van der Waals surface area contributed by atoms with Crippen LogP contribution < -0.4 is 0 Å². The van der Waals surface area contributed by atoms with Crippen LogP contribution in [0.15, 0.2) is 29.2 Å². The number of alkyl halides is 1. The van der Waals surface area contributed by atoms with Crippen molar-refractivity contribution in [1.82, 2.24) is 0 Å². The molecule has 1 aromatic carbocycles. The molecule has 0 amide bonds. The van der Waals surface area contributed by atoms with E-state index in [0.29, 0.717) is 12.8 Å². The normalized spacial score (nSPS) is 14.2. The van der Waals surface area contributed by atoms with Gasteiger partial charge in [-0.15, -0.1) is 11.6 Å². The molecule has 0 heterocycles. The Kier molecular flexibility index (Phi) is 6.14. The predicted molar refractivity (Wildman–Crippen MR) is 84.0 cm³/mol. The zero-order valence-electron chi connectivity index (χ0n) is 12.8. The highest BCUT2D eigenvalue weighted by atomic mass is 35.5. The highest BCUT2D eigenvalue weighted by molar-refractivity contribution is 7.90. The van der Waals surface area contributed by atoms with Gasteiger partial charge in [0.05, 0.1) is 4.90 Å². The lowest BCUT2D eigenvalue weighted by Crippen LogP contribution is -2.40. The maximum absolute atomic E-state index is 12.6. The standard InChI is InChI=1S/C15H19ClO5S/c1-4-9-15(2,21-13(17)10-16)14(18)11-5-7-12(8-6-11)22(3,19)20/h5-8H,4,9-10H2,1-3H3. The largest absolute Gasteiger partial charge is 0.450 e. The fourth-order valence-electron chi connectivity index (χ4n) is 2.13. The molecule has 1 aromatic rings. The minimum atomic E-state index is -3.33. The summed E-state index contributed by atoms with van der Waals surface area (Å²) in [6, 6.07) is 5.55. The number of hydrogen-bond donors (Lipinski definition) is 0. The molecular formula is C15H19ClO5S. The molecule has 0 aliphatic carbocycles. The van der Waals surface area contributed by atoms with E-state index in [-0.39, 0.29) is 22.1 Å². The summed E-state index contributed by atoms with van der Waals surface area (Å²) in [5.41, 5.74) is -1.03. The van der Waals surface area contributed by atoms with E-state index in [9.17, 15) is 18.0 Å². The highest BCUT2D eigenvalue weighted by Crippen LogP contribution is 2.24. The van der Waals surface area contributed by atoms with Gasteiger partial charge >= 0.3 is 5.97 Å². The second kappa shape index (κ2) is 7.24. The monoisotopic (exact) mass is 346 g/mol. The number of ether oxygens (including phenoxy) is 1. The van der Waals surface area contributed by atoms with Gasteiger partial charge in [0.1, 0.15) is 5.88 Å². The molecule has 0 saturated heterocycles. The summed E-state index contributed by atoms with van der Waals surface area (Å²) in [6.45, 7) is 3.40. The van der Waals surface area contributed by atoms with Crippen molar-refractivity contribution in [2.75, 3.05) is 12.1 Å². The lowest BCUT2D eigenvalue weighted by atomic mass is 9.90. The van der Waals surface area contributed by atoms with Gasteiger partial charge < -0.3 is 4.74 Å². The molecule has 5 nitrogen and oxygen atoms in total. The second-order valence-electron chi connectivity index (χ2n) is 5.21. The molecule has 0 spiro atoms. The van der Waals surface area contributed by atoms with Gasteiger partial charge in [0.25, 0.3) is 0 Å². The average Bonchev–Trinajstić information content (AvgIpc) is 2.45. The van der Waals surface area contributed by atoms with Gasteiger partial charge in [0, 0.05) is 11.8 Å². The molecule has 0 aliphatic heterocycles. The summed E-state index contributed by atoms with van der Waals surface area (Å²) >= 11 is 5.43. The molecular weight excluding hydrogens is 328 g/mol. The van der Waals surface area contributed by atoms with E-state index in [1.165, 1.54) is 31.2 Å². The first-order valence-electron chi connectivity index (χ1n) is 6.77. The van der Waals surface area contributed by atoms with Crippen molar-refractivity contribution >= 4 is 33.2 Å². The zero-order valence-corrected chi connectivity index (χ0v) is 14.3. The lowest BCUT2D eigenvalue weighted by molar-refractivity contribution is -0.151. The van der Waals surface area contributed by atoms with Gasteiger partial charge in [-0.05, 0) is 37.6 Å². The summed E-state index contributed by atoms with van der Waals surface area (Å²) in [5.74, 6) is -1.38. The smallest absolute Gasteiger partial charge is 0.321 e. The van der Waals surface area contributed by atoms with Crippen molar-refractivity contribution in [1.29, 1.82) is 0 Å². The number of sulfone groups is 1. The Morgan fingerprint density at radius 1 is 1.23 bits per heavy atom. The molecule has 0 bridgehead atoms. The van der Waals surface area contributed by atoms with Gasteiger partial charge in [-0.1, -0.05) is 13.3 Å². The van der Waals surface area contributed by atoms with Crippen LogP contribution in [-0.4, -0.2) is 37.9 Å². The first kappa shape index (κ1) is 18.6. The summed E-state index contributed by atoms with van der Waals surface area (Å²) in [5, 5.41) is 0. The molecule has 0 radical (unpaired) electrons. The molecule has 0 saturated carbocycles. The van der Waals surface area contributed by atoms with Gasteiger partial charge in [-0.25, -0.2) is 8.42 Å². The van der Waals surface area contributed by atoms with E-state index >= 15 is 0 Å². The van der Waals surface area contributed by atoms with E-state index in [2.05, 4.69) is 0 Å². The van der Waals surface area contributed by atoms with Crippen LogP contribution in [0.2, 0.25) is 0 Å². The van der Waals surface area contributed by atoms with E-state index in [1.807, 2.05) is 6.92 Å². The third-order valence-corrected chi connectivity index (χ3v) is 4.55. The number of halogens is 1. The number of carbonyl (C=O) groups is 2. The lowest BCUT2D eigenvalue weighted by Gasteiger charge is -2.27. The van der Waals surface area contributed by atoms with Crippen molar-refractivity contribution in [2.45, 2.75) is 37.2 Å². The molecule has 0 aliphatic rings. The molecule has 22 heavy (non-hydrogen) atoms. The summed E-state index contributed by atoms with van der Waals surface area (Å²) < 4.78 is 28.1. The Bertz CT molecular complexity index is 651. The van der Waals surface area contributed by atoms with Crippen LogP contribution in [0.1, 0.15) is 37.0 Å². The van der Waals surface area contributed by atoms with Crippen molar-refractivity contribution in [2.24, 2.45) is 0 Å². The van der Waals surface area contributed by atoms with Gasteiger partial charge in [0.15, 0.2) is 15.4 Å². The van der Waals surface area contributed by atoms with Crippen molar-refractivity contribution in [3.8, 4) is 0 Å². The van der Waals surface area contributed by atoms with E-state index < -0.39 is 21.4 Å². The second-order valence-corrected chi connectivity index (χ2v) is 7.50. The number of carbonyl (C=O) groups excluding carboxylic acids is 2. The molecule has 1 rings (SSSR count). The SMILES string of the molecule is CCCC(C)(OC(=O)CCl)C(=O)c1ccc(S(C)(=O)=O)cc1. The molecule has 0 fully saturated rings. The quantitative estimate of drug-likeness (QED) is 0.431. The van der Waals surface area contributed by atoms with Crippen LogP contribution in [0.25, 0.3) is 0 Å². The van der Waals surface area contributed by atoms with Crippen LogP contribution >= 0.6 is 11.6 Å². The van der Waals surface area contributed by atoms with Gasteiger partial charge in [-0.2, -0.15) is 0 Å². The topological polar surface area (TPSA) is 77.5 Å². The third-order valence-electron chi connectivity index (χ3n) is 3.20. The fraction of sp³-hybridized carbons (Fsp3) is 0.467. The minimum Gasteiger partial charge on any atom is -0.450 e. The molecule has 1 unspecified atom stereocenters. The Morgan fingerprint density at radius 3 is 2.18 bits per heavy atom. The van der Waals surface area contributed by atoms with Crippen LogP contribution in [0, 0.1) is 0 Å². The van der Waals surface area contributed by atoms with Crippen molar-refractivity contribution < 1.29 is 22.7 Å². The number of esters is 1. The number of rotatable bonds is 7. The van der Waals surface area contributed by atoms with Crippen LogP contribution in [0.5, 0.6) is 0 Å². The van der Waals surface area contributed by atoms with Crippen molar-refractivity contribution in [3.05, 3.63) is 29.8 Å². The van der Waals surface area contributed by atoms with E-state index in [4.69, 9.17) is 16.3 Å². The zero-order chi connectivity index (χ0) is 17.0. The van der Waals surface area contributed by atoms with Crippen molar-refractivity contribution in [3.63, 3.8) is 0 Å².